The molecule has 0 radical (unpaired) electrons. The van der Waals surface area contributed by atoms with E-state index in [1.165, 1.54) is 34.0 Å². The van der Waals surface area contributed by atoms with Gasteiger partial charge in [0.1, 0.15) is 0 Å². The Hall–Kier alpha value is -3.05. The summed E-state index contributed by atoms with van der Waals surface area (Å²) < 4.78 is 0. The molecule has 4 nitrogen and oxygen atoms in total. The summed E-state index contributed by atoms with van der Waals surface area (Å²) in [6.07, 6.45) is 3.24. The molecule has 1 N–H and O–H groups in total. The number of benzene rings is 3. The summed E-state index contributed by atoms with van der Waals surface area (Å²) in [6, 6.07) is 25.3. The third-order valence-electron chi connectivity index (χ3n) is 7.89. The number of fused-ring (bicyclic) bond motifs is 1. The van der Waals surface area contributed by atoms with Gasteiger partial charge in [-0.1, -0.05) is 60.7 Å². The SMILES string of the molecule is O=C(NCC1CC2c3ccccc3C1c1ccccc12)c1ccccc1SCC(=O)N1CCCC1. The first kappa shape index (κ1) is 22.4. The number of carbonyl (C=O) groups is 2. The number of amides is 2. The summed E-state index contributed by atoms with van der Waals surface area (Å²) in [5.41, 5.74) is 6.39. The molecule has 1 atom stereocenters. The Morgan fingerprint density at radius 2 is 1.43 bits per heavy atom. The number of carbonyl (C=O) groups excluding carboxylic acids is 2. The molecule has 178 valence electrons. The van der Waals surface area contributed by atoms with E-state index < -0.39 is 0 Å². The van der Waals surface area contributed by atoms with Crippen LogP contribution in [0.2, 0.25) is 0 Å². The third-order valence-corrected chi connectivity index (χ3v) is 8.95. The van der Waals surface area contributed by atoms with E-state index in [2.05, 4.69) is 53.8 Å². The van der Waals surface area contributed by atoms with Crippen LogP contribution in [0.1, 0.15) is 63.7 Å². The van der Waals surface area contributed by atoms with Crippen LogP contribution in [0.25, 0.3) is 0 Å². The van der Waals surface area contributed by atoms with E-state index in [1.54, 1.807) is 0 Å². The van der Waals surface area contributed by atoms with Crippen molar-refractivity contribution in [1.82, 2.24) is 10.2 Å². The highest BCUT2D eigenvalue weighted by atomic mass is 32.2. The Morgan fingerprint density at radius 1 is 0.829 bits per heavy atom. The molecule has 3 aromatic rings. The summed E-state index contributed by atoms with van der Waals surface area (Å²) in [5, 5.41) is 3.25. The second-order valence-corrected chi connectivity index (χ2v) is 10.9. The first-order valence-electron chi connectivity index (χ1n) is 12.7. The van der Waals surface area contributed by atoms with E-state index in [1.807, 2.05) is 29.2 Å². The van der Waals surface area contributed by atoms with Crippen LogP contribution in [0, 0.1) is 5.92 Å². The van der Waals surface area contributed by atoms with Crippen molar-refractivity contribution in [2.24, 2.45) is 5.92 Å². The quantitative estimate of drug-likeness (QED) is 0.477. The molecule has 0 saturated carbocycles. The molecule has 35 heavy (non-hydrogen) atoms. The van der Waals surface area contributed by atoms with E-state index in [0.717, 1.165) is 37.2 Å². The Morgan fingerprint density at radius 3 is 2.11 bits per heavy atom. The first-order chi connectivity index (χ1) is 17.2. The topological polar surface area (TPSA) is 49.4 Å². The summed E-state index contributed by atoms with van der Waals surface area (Å²) in [4.78, 5) is 28.6. The Bertz CT molecular complexity index is 1220. The highest BCUT2D eigenvalue weighted by molar-refractivity contribution is 8.00. The maximum atomic E-state index is 13.3. The van der Waals surface area contributed by atoms with E-state index in [9.17, 15) is 9.59 Å². The van der Waals surface area contributed by atoms with E-state index >= 15 is 0 Å². The highest BCUT2D eigenvalue weighted by Gasteiger charge is 2.42. The van der Waals surface area contributed by atoms with Gasteiger partial charge in [-0.05, 0) is 59.6 Å². The lowest BCUT2D eigenvalue weighted by Crippen LogP contribution is -2.39. The summed E-state index contributed by atoms with van der Waals surface area (Å²) >= 11 is 1.47. The van der Waals surface area contributed by atoms with Gasteiger partial charge >= 0.3 is 0 Å². The van der Waals surface area contributed by atoms with Crippen molar-refractivity contribution in [3.8, 4) is 0 Å². The minimum absolute atomic E-state index is 0.0512. The number of hydrogen-bond donors (Lipinski definition) is 1. The number of rotatable bonds is 6. The van der Waals surface area contributed by atoms with Crippen LogP contribution in [0.3, 0.4) is 0 Å². The zero-order chi connectivity index (χ0) is 23.8. The maximum Gasteiger partial charge on any atom is 0.252 e. The van der Waals surface area contributed by atoms with E-state index in [-0.39, 0.29) is 11.8 Å². The van der Waals surface area contributed by atoms with Gasteiger partial charge in [0, 0.05) is 36.4 Å². The molecule has 7 rings (SSSR count). The van der Waals surface area contributed by atoms with Crippen molar-refractivity contribution in [2.45, 2.75) is 36.0 Å². The second kappa shape index (κ2) is 9.54. The van der Waals surface area contributed by atoms with Crippen LogP contribution in [0.15, 0.2) is 77.7 Å². The lowest BCUT2D eigenvalue weighted by Gasteiger charge is -2.45. The molecule has 5 heteroatoms. The average Bonchev–Trinajstić information content (AvgIpc) is 3.46. The summed E-state index contributed by atoms with van der Waals surface area (Å²) in [7, 11) is 0. The standard InChI is InChI=1S/C30H30N2O2S/c33-28(32-15-7-8-16-32)19-35-27-14-6-5-13-25(27)30(34)31-18-20-17-26-21-9-1-3-11-23(21)29(20)24-12-4-2-10-22(24)26/h1-6,9-14,20,26,29H,7-8,15-19H2,(H,31,34). The first-order valence-corrected chi connectivity index (χ1v) is 13.6. The van der Waals surface area contributed by atoms with Crippen LogP contribution >= 0.6 is 11.8 Å². The van der Waals surface area contributed by atoms with Gasteiger partial charge in [0.05, 0.1) is 11.3 Å². The fraction of sp³-hybridized carbons (Fsp3) is 0.333. The largest absolute Gasteiger partial charge is 0.352 e. The van der Waals surface area contributed by atoms with Crippen LogP contribution in [0.4, 0.5) is 0 Å². The molecule has 4 aliphatic rings. The smallest absolute Gasteiger partial charge is 0.252 e. The van der Waals surface area contributed by atoms with Crippen molar-refractivity contribution in [1.29, 1.82) is 0 Å². The number of nitrogens with zero attached hydrogens (tertiary/aromatic N) is 1. The molecule has 3 aliphatic carbocycles. The van der Waals surface area contributed by atoms with Gasteiger partial charge in [-0.15, -0.1) is 11.8 Å². The van der Waals surface area contributed by atoms with Gasteiger partial charge in [0.15, 0.2) is 0 Å². The van der Waals surface area contributed by atoms with Gasteiger partial charge in [-0.3, -0.25) is 9.59 Å². The van der Waals surface area contributed by atoms with Crippen molar-refractivity contribution in [2.75, 3.05) is 25.4 Å². The predicted octanol–water partition coefficient (Wildman–Crippen LogP) is 5.43. The second-order valence-electron chi connectivity index (χ2n) is 9.87. The third kappa shape index (κ3) is 4.16. The molecule has 3 aromatic carbocycles. The minimum Gasteiger partial charge on any atom is -0.352 e. The van der Waals surface area contributed by atoms with E-state index in [0.29, 0.717) is 35.6 Å². The predicted molar refractivity (Wildman–Crippen MR) is 140 cm³/mol. The number of hydrogen-bond acceptors (Lipinski definition) is 3. The van der Waals surface area contributed by atoms with Crippen molar-refractivity contribution < 1.29 is 9.59 Å². The molecule has 1 unspecified atom stereocenters. The Balaban J connectivity index is 1.16. The minimum atomic E-state index is -0.0512. The zero-order valence-corrected chi connectivity index (χ0v) is 20.6. The molecule has 1 heterocycles. The molecule has 1 fully saturated rings. The number of thioether (sulfide) groups is 1. The van der Waals surface area contributed by atoms with Crippen LogP contribution < -0.4 is 5.32 Å². The van der Waals surface area contributed by atoms with Gasteiger partial charge in [0.2, 0.25) is 5.91 Å². The molecule has 2 amide bonds. The molecule has 1 saturated heterocycles. The number of likely N-dealkylation sites (tertiary alicyclic amines) is 1. The fourth-order valence-electron chi connectivity index (χ4n) is 6.26. The number of nitrogens with one attached hydrogen (secondary N) is 1. The lowest BCUT2D eigenvalue weighted by molar-refractivity contribution is -0.127. The van der Waals surface area contributed by atoms with Crippen molar-refractivity contribution in [3.63, 3.8) is 0 Å². The molecule has 2 bridgehead atoms. The normalized spacial score (nSPS) is 21.9. The van der Waals surface area contributed by atoms with E-state index in [4.69, 9.17) is 0 Å². The maximum absolute atomic E-state index is 13.3. The summed E-state index contributed by atoms with van der Waals surface area (Å²) in [6.45, 7) is 2.36. The summed E-state index contributed by atoms with van der Waals surface area (Å²) in [5.74, 6) is 1.57. The fourth-order valence-corrected chi connectivity index (χ4v) is 7.21. The Labute approximate surface area is 211 Å². The Kier molecular flexibility index (Phi) is 6.11. The van der Waals surface area contributed by atoms with Crippen LogP contribution in [-0.2, 0) is 4.79 Å². The monoisotopic (exact) mass is 482 g/mol. The van der Waals surface area contributed by atoms with Crippen LogP contribution in [-0.4, -0.2) is 42.1 Å². The molecular weight excluding hydrogens is 452 g/mol. The molecule has 1 aliphatic heterocycles. The molecule has 0 aromatic heterocycles. The van der Waals surface area contributed by atoms with Gasteiger partial charge < -0.3 is 10.2 Å². The van der Waals surface area contributed by atoms with Gasteiger partial charge in [-0.2, -0.15) is 0 Å². The van der Waals surface area contributed by atoms with Crippen LogP contribution in [0.5, 0.6) is 0 Å². The lowest BCUT2D eigenvalue weighted by atomic mass is 9.59. The zero-order valence-electron chi connectivity index (χ0n) is 19.8. The highest BCUT2D eigenvalue weighted by Crippen LogP contribution is 2.55. The van der Waals surface area contributed by atoms with Gasteiger partial charge in [-0.25, -0.2) is 0 Å². The van der Waals surface area contributed by atoms with Gasteiger partial charge in [0.25, 0.3) is 5.91 Å². The average molecular weight is 483 g/mol. The molecule has 0 spiro atoms. The van der Waals surface area contributed by atoms with Crippen molar-refractivity contribution >= 4 is 23.6 Å². The van der Waals surface area contributed by atoms with Crippen molar-refractivity contribution in [3.05, 3.63) is 101 Å². The molecular formula is C30H30N2O2S.